The molecule has 1 atom stereocenters. The van der Waals surface area contributed by atoms with Gasteiger partial charge in [-0.05, 0) is 36.8 Å². The number of hydrogen-bond acceptors (Lipinski definition) is 4. The van der Waals surface area contributed by atoms with Gasteiger partial charge in [0.05, 0.1) is 22.3 Å². The van der Waals surface area contributed by atoms with Crippen molar-refractivity contribution in [1.82, 2.24) is 9.55 Å². The van der Waals surface area contributed by atoms with Crippen LogP contribution >= 0.6 is 0 Å². The Labute approximate surface area is 167 Å². The zero-order chi connectivity index (χ0) is 19.8. The number of benzene rings is 3. The highest BCUT2D eigenvalue weighted by molar-refractivity contribution is 6.01. The average Bonchev–Trinajstić information content (AvgIpc) is 3.25. The van der Waals surface area contributed by atoms with Crippen molar-refractivity contribution < 1.29 is 4.84 Å². The second-order valence-corrected chi connectivity index (χ2v) is 7.17. The Morgan fingerprint density at radius 3 is 2.45 bits per heavy atom. The molecule has 5 heteroatoms. The first-order valence-electron chi connectivity index (χ1n) is 9.57. The third-order valence-electron chi connectivity index (χ3n) is 5.16. The molecule has 1 aromatic heterocycles. The first-order chi connectivity index (χ1) is 14.2. The van der Waals surface area contributed by atoms with Gasteiger partial charge in [-0.2, -0.15) is 0 Å². The second-order valence-electron chi connectivity index (χ2n) is 7.17. The van der Waals surface area contributed by atoms with Gasteiger partial charge in [0.15, 0.2) is 11.9 Å². The van der Waals surface area contributed by atoms with E-state index in [1.165, 1.54) is 0 Å². The molecule has 3 aromatic carbocycles. The van der Waals surface area contributed by atoms with Crippen molar-refractivity contribution in [3.8, 4) is 5.69 Å². The Morgan fingerprint density at radius 1 is 0.931 bits per heavy atom. The van der Waals surface area contributed by atoms with Gasteiger partial charge in [0, 0.05) is 6.42 Å². The molecule has 0 saturated heterocycles. The van der Waals surface area contributed by atoms with Gasteiger partial charge in [0.2, 0.25) is 0 Å². The van der Waals surface area contributed by atoms with Crippen LogP contribution in [0.25, 0.3) is 16.6 Å². The van der Waals surface area contributed by atoms with Crippen molar-refractivity contribution in [3.05, 3.63) is 106 Å². The quantitative estimate of drug-likeness (QED) is 0.523. The third kappa shape index (κ3) is 3.10. The second kappa shape index (κ2) is 7.02. The fourth-order valence-corrected chi connectivity index (χ4v) is 3.63. The zero-order valence-electron chi connectivity index (χ0n) is 15.9. The molecular weight excluding hydrogens is 362 g/mol. The van der Waals surface area contributed by atoms with E-state index >= 15 is 0 Å². The molecule has 29 heavy (non-hydrogen) atoms. The van der Waals surface area contributed by atoms with Crippen LogP contribution in [-0.4, -0.2) is 15.3 Å². The monoisotopic (exact) mass is 381 g/mol. The zero-order valence-corrected chi connectivity index (χ0v) is 15.9. The summed E-state index contributed by atoms with van der Waals surface area (Å²) in [5, 5.41) is 4.87. The van der Waals surface area contributed by atoms with Crippen molar-refractivity contribution in [3.63, 3.8) is 0 Å². The van der Waals surface area contributed by atoms with Gasteiger partial charge in [0.25, 0.3) is 5.56 Å². The maximum absolute atomic E-state index is 13.4. The summed E-state index contributed by atoms with van der Waals surface area (Å²) in [6, 6.07) is 25.2. The molecule has 0 spiro atoms. The van der Waals surface area contributed by atoms with Gasteiger partial charge in [-0.1, -0.05) is 65.3 Å². The van der Waals surface area contributed by atoms with E-state index in [1.54, 1.807) is 10.6 Å². The SMILES string of the molecule is Cc1ccc(-n2c(C3CC(c4ccccc4)=NO3)nc3ccccc3c2=O)cc1. The number of oxime groups is 1. The van der Waals surface area contributed by atoms with Gasteiger partial charge in [-0.15, -0.1) is 0 Å². The largest absolute Gasteiger partial charge is 0.384 e. The summed E-state index contributed by atoms with van der Waals surface area (Å²) in [6.45, 7) is 2.02. The van der Waals surface area contributed by atoms with E-state index in [9.17, 15) is 4.79 Å². The highest BCUT2D eigenvalue weighted by atomic mass is 16.6. The Balaban J connectivity index is 1.64. The van der Waals surface area contributed by atoms with Crippen LogP contribution in [0.15, 0.2) is 88.8 Å². The van der Waals surface area contributed by atoms with Crippen molar-refractivity contribution in [2.45, 2.75) is 19.4 Å². The predicted octanol–water partition coefficient (Wildman–Crippen LogP) is 4.56. The van der Waals surface area contributed by atoms with Crippen LogP contribution in [0.2, 0.25) is 0 Å². The molecule has 0 bridgehead atoms. The molecular formula is C24H19N3O2. The molecule has 0 N–H and O–H groups in total. The summed E-state index contributed by atoms with van der Waals surface area (Å²) < 4.78 is 1.65. The molecule has 5 rings (SSSR count). The summed E-state index contributed by atoms with van der Waals surface area (Å²) in [6.07, 6.45) is 0.129. The normalized spacial score (nSPS) is 15.9. The maximum Gasteiger partial charge on any atom is 0.266 e. The molecule has 4 aromatic rings. The lowest BCUT2D eigenvalue weighted by molar-refractivity contribution is 0.0774. The summed E-state index contributed by atoms with van der Waals surface area (Å²) in [5.74, 6) is 0.562. The minimum Gasteiger partial charge on any atom is -0.384 e. The van der Waals surface area contributed by atoms with Gasteiger partial charge >= 0.3 is 0 Å². The lowest BCUT2D eigenvalue weighted by Gasteiger charge is -2.17. The minimum absolute atomic E-state index is 0.105. The van der Waals surface area contributed by atoms with Crippen molar-refractivity contribution in [1.29, 1.82) is 0 Å². The number of fused-ring (bicyclic) bond motifs is 1. The first kappa shape index (κ1) is 17.4. The van der Waals surface area contributed by atoms with Crippen LogP contribution in [-0.2, 0) is 4.84 Å². The molecule has 1 aliphatic rings. The number of para-hydroxylation sites is 1. The molecule has 1 aliphatic heterocycles. The Hall–Kier alpha value is -3.73. The molecule has 5 nitrogen and oxygen atoms in total. The average molecular weight is 381 g/mol. The van der Waals surface area contributed by atoms with E-state index in [-0.39, 0.29) is 5.56 Å². The molecule has 2 heterocycles. The molecule has 0 amide bonds. The molecule has 0 aliphatic carbocycles. The lowest BCUT2D eigenvalue weighted by atomic mass is 10.0. The summed E-state index contributed by atoms with van der Waals surface area (Å²) in [7, 11) is 0. The first-order valence-corrected chi connectivity index (χ1v) is 9.57. The highest BCUT2D eigenvalue weighted by Crippen LogP contribution is 2.30. The lowest BCUT2D eigenvalue weighted by Crippen LogP contribution is -2.26. The van der Waals surface area contributed by atoms with E-state index < -0.39 is 6.10 Å². The van der Waals surface area contributed by atoms with Gasteiger partial charge < -0.3 is 4.84 Å². The molecule has 0 fully saturated rings. The van der Waals surface area contributed by atoms with Crippen LogP contribution in [0.5, 0.6) is 0 Å². The number of rotatable bonds is 3. The van der Waals surface area contributed by atoms with Gasteiger partial charge in [0.1, 0.15) is 0 Å². The molecule has 0 radical (unpaired) electrons. The minimum atomic E-state index is -0.427. The molecule has 142 valence electrons. The summed E-state index contributed by atoms with van der Waals surface area (Å²) >= 11 is 0. The van der Waals surface area contributed by atoms with E-state index in [2.05, 4.69) is 5.16 Å². The summed E-state index contributed by atoms with van der Waals surface area (Å²) in [5.41, 5.74) is 4.32. The van der Waals surface area contributed by atoms with Crippen LogP contribution in [0.4, 0.5) is 0 Å². The third-order valence-corrected chi connectivity index (χ3v) is 5.16. The number of aryl methyl sites for hydroxylation is 1. The fourth-order valence-electron chi connectivity index (χ4n) is 3.63. The Kier molecular flexibility index (Phi) is 4.21. The predicted molar refractivity (Wildman–Crippen MR) is 113 cm³/mol. The van der Waals surface area contributed by atoms with E-state index in [0.29, 0.717) is 23.1 Å². The number of nitrogens with zero attached hydrogens (tertiary/aromatic N) is 3. The Morgan fingerprint density at radius 2 is 1.66 bits per heavy atom. The van der Waals surface area contributed by atoms with Crippen LogP contribution in [0, 0.1) is 6.92 Å². The van der Waals surface area contributed by atoms with E-state index in [1.807, 2.05) is 79.7 Å². The number of aromatic nitrogens is 2. The highest BCUT2D eigenvalue weighted by Gasteiger charge is 2.29. The van der Waals surface area contributed by atoms with Gasteiger partial charge in [-0.25, -0.2) is 4.98 Å². The van der Waals surface area contributed by atoms with Crippen molar-refractivity contribution in [2.75, 3.05) is 0 Å². The van der Waals surface area contributed by atoms with Gasteiger partial charge in [-0.3, -0.25) is 9.36 Å². The van der Waals surface area contributed by atoms with Crippen molar-refractivity contribution in [2.24, 2.45) is 5.16 Å². The van der Waals surface area contributed by atoms with E-state index in [4.69, 9.17) is 9.82 Å². The van der Waals surface area contributed by atoms with Crippen LogP contribution in [0.3, 0.4) is 0 Å². The maximum atomic E-state index is 13.4. The topological polar surface area (TPSA) is 56.5 Å². The number of hydrogen-bond donors (Lipinski definition) is 0. The van der Waals surface area contributed by atoms with E-state index in [0.717, 1.165) is 22.5 Å². The molecule has 0 saturated carbocycles. The standard InChI is InChI=1S/C24H19N3O2/c1-16-11-13-18(14-12-16)27-23(25-20-10-6-5-9-19(20)24(27)28)22-15-21(26-29-22)17-7-3-2-4-8-17/h2-14,22H,15H2,1H3. The Bertz CT molecular complexity index is 1280. The van der Waals surface area contributed by atoms with Crippen molar-refractivity contribution >= 4 is 16.6 Å². The fraction of sp³-hybridized carbons (Fsp3) is 0.125. The van der Waals surface area contributed by atoms with Crippen LogP contribution in [0.1, 0.15) is 29.5 Å². The summed E-state index contributed by atoms with van der Waals surface area (Å²) in [4.78, 5) is 23.9. The molecule has 1 unspecified atom stereocenters. The smallest absolute Gasteiger partial charge is 0.266 e. The van der Waals surface area contributed by atoms with Crippen LogP contribution < -0.4 is 5.56 Å².